The van der Waals surface area contributed by atoms with Gasteiger partial charge in [-0.1, -0.05) is 31.7 Å². The molecule has 0 radical (unpaired) electrons. The van der Waals surface area contributed by atoms with Crippen LogP contribution in [-0.2, 0) is 9.59 Å². The molecule has 8 heteroatoms. The standard InChI is InChI=1S/C16H16N2O4S2/c1-9(2)5-14(19)17-18-15(20)13(24-16(18)23)7-10-3-4-11-12(6-10)22-8-21-11/h3-4,6-7,9H,5,8H2,1-2H3,(H,17,19)/b13-7-. The summed E-state index contributed by atoms with van der Waals surface area (Å²) < 4.78 is 10.9. The minimum absolute atomic E-state index is 0.197. The largest absolute Gasteiger partial charge is 0.454 e. The molecule has 1 aromatic carbocycles. The first-order chi connectivity index (χ1) is 11.4. The van der Waals surface area contributed by atoms with Gasteiger partial charge in [-0.3, -0.25) is 15.0 Å². The van der Waals surface area contributed by atoms with E-state index in [1.165, 1.54) is 0 Å². The molecule has 0 aliphatic carbocycles. The summed E-state index contributed by atoms with van der Waals surface area (Å²) in [7, 11) is 0. The first kappa shape index (κ1) is 16.8. The molecule has 2 aliphatic rings. The number of nitrogens with zero attached hydrogens (tertiary/aromatic N) is 1. The fourth-order valence-corrected chi connectivity index (χ4v) is 3.44. The quantitative estimate of drug-likeness (QED) is 0.654. The van der Waals surface area contributed by atoms with Gasteiger partial charge in [0.25, 0.3) is 5.91 Å². The molecular weight excluding hydrogens is 348 g/mol. The highest BCUT2D eigenvalue weighted by Crippen LogP contribution is 2.35. The fourth-order valence-electron chi connectivity index (χ4n) is 2.26. The van der Waals surface area contributed by atoms with Gasteiger partial charge >= 0.3 is 0 Å². The number of hydrogen-bond acceptors (Lipinski definition) is 6. The molecule has 0 aromatic heterocycles. The lowest BCUT2D eigenvalue weighted by Gasteiger charge is -2.16. The van der Waals surface area contributed by atoms with Crippen molar-refractivity contribution >= 4 is 46.2 Å². The lowest BCUT2D eigenvalue weighted by molar-refractivity contribution is -0.133. The van der Waals surface area contributed by atoms with Crippen LogP contribution in [0, 0.1) is 5.92 Å². The number of thiocarbonyl (C=S) groups is 1. The third-order valence-electron chi connectivity index (χ3n) is 3.32. The molecule has 2 aliphatic heterocycles. The molecule has 24 heavy (non-hydrogen) atoms. The van der Waals surface area contributed by atoms with E-state index in [1.54, 1.807) is 18.2 Å². The number of hydrogen-bond donors (Lipinski definition) is 1. The normalized spacial score (nSPS) is 18.0. The number of carbonyl (C=O) groups is 2. The van der Waals surface area contributed by atoms with Gasteiger partial charge in [-0.2, -0.15) is 5.01 Å². The first-order valence-corrected chi connectivity index (χ1v) is 8.63. The molecule has 126 valence electrons. The average Bonchev–Trinajstić information content (AvgIpc) is 3.06. The van der Waals surface area contributed by atoms with E-state index >= 15 is 0 Å². The van der Waals surface area contributed by atoms with Crippen molar-refractivity contribution in [2.75, 3.05) is 6.79 Å². The molecule has 0 bridgehead atoms. The van der Waals surface area contributed by atoms with Crippen molar-refractivity contribution in [2.24, 2.45) is 5.92 Å². The van der Waals surface area contributed by atoms with Crippen molar-refractivity contribution in [1.82, 2.24) is 10.4 Å². The van der Waals surface area contributed by atoms with Crippen LogP contribution in [0.15, 0.2) is 23.1 Å². The van der Waals surface area contributed by atoms with Crippen LogP contribution in [0.25, 0.3) is 6.08 Å². The van der Waals surface area contributed by atoms with E-state index in [-0.39, 0.29) is 24.5 Å². The molecule has 3 rings (SSSR count). The smallest absolute Gasteiger partial charge is 0.285 e. The van der Waals surface area contributed by atoms with Gasteiger partial charge in [-0.05, 0) is 41.9 Å². The molecule has 0 unspecified atom stereocenters. The van der Waals surface area contributed by atoms with Crippen molar-refractivity contribution in [3.05, 3.63) is 28.7 Å². The first-order valence-electron chi connectivity index (χ1n) is 7.41. The SMILES string of the molecule is CC(C)CC(=O)NN1C(=O)/C(=C/c2ccc3c(c2)OCO3)SC1=S. The molecule has 0 spiro atoms. The Morgan fingerprint density at radius 1 is 1.42 bits per heavy atom. The van der Waals surface area contributed by atoms with Crippen LogP contribution in [-0.4, -0.2) is 27.9 Å². The van der Waals surface area contributed by atoms with Crippen molar-refractivity contribution in [2.45, 2.75) is 20.3 Å². The van der Waals surface area contributed by atoms with Gasteiger partial charge in [0, 0.05) is 6.42 Å². The number of amides is 2. The average molecular weight is 364 g/mol. The van der Waals surface area contributed by atoms with Crippen molar-refractivity contribution in [3.8, 4) is 11.5 Å². The second kappa shape index (κ2) is 6.82. The Labute approximate surface area is 149 Å². The van der Waals surface area contributed by atoms with E-state index < -0.39 is 0 Å². The predicted octanol–water partition coefficient (Wildman–Crippen LogP) is 2.69. The highest BCUT2D eigenvalue weighted by atomic mass is 32.2. The summed E-state index contributed by atoms with van der Waals surface area (Å²) in [4.78, 5) is 24.8. The van der Waals surface area contributed by atoms with E-state index in [2.05, 4.69) is 5.43 Å². The van der Waals surface area contributed by atoms with E-state index in [0.29, 0.717) is 27.1 Å². The number of carbonyl (C=O) groups excluding carboxylic acids is 2. The number of benzene rings is 1. The summed E-state index contributed by atoms with van der Waals surface area (Å²) in [6.07, 6.45) is 2.05. The maximum atomic E-state index is 12.5. The second-order valence-electron chi connectivity index (χ2n) is 5.76. The molecule has 6 nitrogen and oxygen atoms in total. The van der Waals surface area contributed by atoms with Crippen molar-refractivity contribution in [3.63, 3.8) is 0 Å². The van der Waals surface area contributed by atoms with E-state index in [9.17, 15) is 9.59 Å². The maximum Gasteiger partial charge on any atom is 0.285 e. The summed E-state index contributed by atoms with van der Waals surface area (Å²) in [6.45, 7) is 4.07. The van der Waals surface area contributed by atoms with Crippen molar-refractivity contribution < 1.29 is 19.1 Å². The number of ether oxygens (including phenoxy) is 2. The van der Waals surface area contributed by atoms with Gasteiger partial charge in [0.05, 0.1) is 4.91 Å². The molecule has 1 aromatic rings. The van der Waals surface area contributed by atoms with Gasteiger partial charge in [-0.15, -0.1) is 0 Å². The van der Waals surface area contributed by atoms with E-state index in [1.807, 2.05) is 19.9 Å². The Morgan fingerprint density at radius 2 is 2.17 bits per heavy atom. The number of hydrazine groups is 1. The Hall–Kier alpha value is -2.06. The molecule has 0 atom stereocenters. The predicted molar refractivity (Wildman–Crippen MR) is 95.2 cm³/mol. The lowest BCUT2D eigenvalue weighted by Crippen LogP contribution is -2.45. The number of nitrogens with one attached hydrogen (secondary N) is 1. The molecule has 2 amide bonds. The van der Waals surface area contributed by atoms with Gasteiger partial charge < -0.3 is 9.47 Å². The zero-order valence-electron chi connectivity index (χ0n) is 13.2. The van der Waals surface area contributed by atoms with Gasteiger partial charge in [-0.25, -0.2) is 0 Å². The Morgan fingerprint density at radius 3 is 2.92 bits per heavy atom. The summed E-state index contributed by atoms with van der Waals surface area (Å²) >= 11 is 6.34. The number of rotatable bonds is 4. The third-order valence-corrected chi connectivity index (χ3v) is 4.62. The Bertz CT molecular complexity index is 746. The zero-order valence-corrected chi connectivity index (χ0v) is 14.8. The van der Waals surface area contributed by atoms with Crippen LogP contribution in [0.4, 0.5) is 0 Å². The summed E-state index contributed by atoms with van der Waals surface area (Å²) in [5, 5.41) is 1.13. The van der Waals surface area contributed by atoms with Crippen LogP contribution in [0.5, 0.6) is 11.5 Å². The summed E-state index contributed by atoms with van der Waals surface area (Å²) in [5.41, 5.74) is 3.36. The Balaban J connectivity index is 1.74. The molecule has 1 N–H and O–H groups in total. The number of thioether (sulfide) groups is 1. The molecule has 1 fully saturated rings. The van der Waals surface area contributed by atoms with Gasteiger partial charge in [0.2, 0.25) is 12.7 Å². The highest BCUT2D eigenvalue weighted by molar-refractivity contribution is 8.26. The monoisotopic (exact) mass is 364 g/mol. The second-order valence-corrected chi connectivity index (χ2v) is 7.44. The fraction of sp³-hybridized carbons (Fsp3) is 0.312. The third kappa shape index (κ3) is 3.54. The molecule has 2 heterocycles. The van der Waals surface area contributed by atoms with E-state index in [4.69, 9.17) is 21.7 Å². The highest BCUT2D eigenvalue weighted by Gasteiger charge is 2.33. The minimum Gasteiger partial charge on any atom is -0.454 e. The van der Waals surface area contributed by atoms with Crippen LogP contribution < -0.4 is 14.9 Å². The minimum atomic E-state index is -0.334. The van der Waals surface area contributed by atoms with Crippen LogP contribution in [0.3, 0.4) is 0 Å². The van der Waals surface area contributed by atoms with Crippen LogP contribution >= 0.6 is 24.0 Å². The van der Waals surface area contributed by atoms with Gasteiger partial charge in [0.15, 0.2) is 15.8 Å². The number of fused-ring (bicyclic) bond motifs is 1. The van der Waals surface area contributed by atoms with Crippen LogP contribution in [0.2, 0.25) is 0 Å². The Kier molecular flexibility index (Phi) is 4.77. The summed E-state index contributed by atoms with van der Waals surface area (Å²) in [6, 6.07) is 5.42. The topological polar surface area (TPSA) is 67.9 Å². The molecule has 0 saturated carbocycles. The van der Waals surface area contributed by atoms with Crippen LogP contribution in [0.1, 0.15) is 25.8 Å². The van der Waals surface area contributed by atoms with E-state index in [0.717, 1.165) is 22.3 Å². The maximum absolute atomic E-state index is 12.5. The zero-order chi connectivity index (χ0) is 17.3. The summed E-state index contributed by atoms with van der Waals surface area (Å²) in [5.74, 6) is 0.961. The molecular formula is C16H16N2O4S2. The van der Waals surface area contributed by atoms with Crippen molar-refractivity contribution in [1.29, 1.82) is 0 Å². The molecule has 1 saturated heterocycles. The lowest BCUT2D eigenvalue weighted by atomic mass is 10.1. The van der Waals surface area contributed by atoms with Gasteiger partial charge in [0.1, 0.15) is 0 Å².